The number of aryl methyl sites for hydroxylation is 1. The summed E-state index contributed by atoms with van der Waals surface area (Å²) in [6, 6.07) is 40.3. The first-order valence-electron chi connectivity index (χ1n) is 12.3. The molecule has 4 aromatic carbocycles. The highest BCUT2D eigenvalue weighted by atomic mass is 32.2. The molecule has 0 saturated heterocycles. The molecule has 0 spiro atoms. The third-order valence-electron chi connectivity index (χ3n) is 6.18. The van der Waals surface area contributed by atoms with E-state index in [0.29, 0.717) is 6.42 Å². The zero-order valence-electron chi connectivity index (χ0n) is 21.0. The molecule has 38 heavy (non-hydrogen) atoms. The molecule has 0 amide bonds. The Hall–Kier alpha value is -4.71. The van der Waals surface area contributed by atoms with E-state index in [1.54, 1.807) is 24.3 Å². The smallest absolute Gasteiger partial charge is 0.270 e. The summed E-state index contributed by atoms with van der Waals surface area (Å²) in [5.74, 6) is 6.22. The molecular weight excluding hydrogens is 488 g/mol. The molecule has 0 N–H and O–H groups in total. The van der Waals surface area contributed by atoms with E-state index in [4.69, 9.17) is 0 Å². The third kappa shape index (κ3) is 5.65. The zero-order chi connectivity index (χ0) is 26.4. The van der Waals surface area contributed by atoms with Crippen LogP contribution in [-0.2, 0) is 16.4 Å². The molecule has 0 aliphatic heterocycles. The lowest BCUT2D eigenvalue weighted by molar-refractivity contribution is 0.512. The second-order valence-corrected chi connectivity index (χ2v) is 10.7. The molecule has 5 aromatic rings. The Kier molecular flexibility index (Phi) is 7.31. The van der Waals surface area contributed by atoms with Gasteiger partial charge < -0.3 is 0 Å². The maximum Gasteiger partial charge on any atom is 0.270 e. The quantitative estimate of drug-likeness (QED) is 0.212. The second kappa shape index (κ2) is 11.1. The van der Waals surface area contributed by atoms with E-state index >= 15 is 0 Å². The lowest BCUT2D eigenvalue weighted by atomic mass is 10.1. The number of nitrogens with zero attached hydrogens (tertiary/aromatic N) is 2. The lowest BCUT2D eigenvalue weighted by Crippen LogP contribution is -2.28. The van der Waals surface area contributed by atoms with Gasteiger partial charge in [0.1, 0.15) is 0 Å². The van der Waals surface area contributed by atoms with Crippen LogP contribution in [0.15, 0.2) is 120 Å². The SMILES string of the molecule is Cc1ccc(S(=O)(=O)N(C#Cc2ccccc2)CCc2cn(C#Cc3ccccc3)c3ccccc23)cc1. The highest BCUT2D eigenvalue weighted by Crippen LogP contribution is 2.23. The predicted molar refractivity (Wildman–Crippen MR) is 153 cm³/mol. The number of para-hydroxylation sites is 1. The van der Waals surface area contributed by atoms with Crippen molar-refractivity contribution in [3.63, 3.8) is 0 Å². The fourth-order valence-corrected chi connectivity index (χ4v) is 5.36. The van der Waals surface area contributed by atoms with Gasteiger partial charge in [-0.15, -0.1) is 0 Å². The van der Waals surface area contributed by atoms with Crippen molar-refractivity contribution in [3.05, 3.63) is 138 Å². The van der Waals surface area contributed by atoms with E-state index in [2.05, 4.69) is 23.9 Å². The average molecular weight is 515 g/mol. The largest absolute Gasteiger partial charge is 0.276 e. The molecular formula is C33H26N2O2S. The van der Waals surface area contributed by atoms with Crippen LogP contribution in [0.2, 0.25) is 0 Å². The van der Waals surface area contributed by atoms with Crippen LogP contribution in [0.3, 0.4) is 0 Å². The molecule has 4 nitrogen and oxygen atoms in total. The molecule has 5 heteroatoms. The van der Waals surface area contributed by atoms with Crippen LogP contribution in [0.1, 0.15) is 22.3 Å². The van der Waals surface area contributed by atoms with Crippen molar-refractivity contribution < 1.29 is 8.42 Å². The molecule has 0 fully saturated rings. The highest BCUT2D eigenvalue weighted by molar-refractivity contribution is 7.89. The first-order chi connectivity index (χ1) is 18.5. The van der Waals surface area contributed by atoms with Crippen molar-refractivity contribution in [2.45, 2.75) is 18.2 Å². The number of rotatable bonds is 5. The van der Waals surface area contributed by atoms with Gasteiger partial charge >= 0.3 is 0 Å². The fraction of sp³-hybridized carbons (Fsp3) is 0.0909. The number of hydrogen-bond donors (Lipinski definition) is 0. The number of hydrogen-bond acceptors (Lipinski definition) is 2. The number of aromatic nitrogens is 1. The summed E-state index contributed by atoms with van der Waals surface area (Å²) >= 11 is 0. The van der Waals surface area contributed by atoms with Crippen LogP contribution in [0, 0.1) is 30.9 Å². The van der Waals surface area contributed by atoms with Gasteiger partial charge in [-0.1, -0.05) is 72.3 Å². The fourth-order valence-electron chi connectivity index (χ4n) is 4.13. The van der Waals surface area contributed by atoms with Crippen LogP contribution in [0.4, 0.5) is 0 Å². The average Bonchev–Trinajstić information content (AvgIpc) is 3.30. The van der Waals surface area contributed by atoms with E-state index in [9.17, 15) is 8.42 Å². The minimum Gasteiger partial charge on any atom is -0.276 e. The van der Waals surface area contributed by atoms with Gasteiger partial charge in [-0.3, -0.25) is 4.57 Å². The Morgan fingerprint density at radius 1 is 0.737 bits per heavy atom. The van der Waals surface area contributed by atoms with Crippen molar-refractivity contribution in [3.8, 4) is 23.9 Å². The van der Waals surface area contributed by atoms with Gasteiger partial charge in [-0.25, -0.2) is 12.7 Å². The number of benzene rings is 4. The van der Waals surface area contributed by atoms with Crippen molar-refractivity contribution >= 4 is 20.9 Å². The van der Waals surface area contributed by atoms with E-state index in [-0.39, 0.29) is 11.4 Å². The molecule has 0 saturated carbocycles. The van der Waals surface area contributed by atoms with Crippen molar-refractivity contribution in [2.24, 2.45) is 0 Å². The molecule has 0 aliphatic rings. The summed E-state index contributed by atoms with van der Waals surface area (Å²) in [5, 5.41) is 1.04. The molecule has 186 valence electrons. The summed E-state index contributed by atoms with van der Waals surface area (Å²) in [6.45, 7) is 2.13. The van der Waals surface area contributed by atoms with E-state index in [1.807, 2.05) is 103 Å². The third-order valence-corrected chi connectivity index (χ3v) is 7.90. The number of sulfonamides is 1. The monoisotopic (exact) mass is 514 g/mol. The van der Waals surface area contributed by atoms with Gasteiger partial charge in [0.25, 0.3) is 10.0 Å². The lowest BCUT2D eigenvalue weighted by Gasteiger charge is -2.18. The van der Waals surface area contributed by atoms with Crippen LogP contribution in [0.25, 0.3) is 10.9 Å². The van der Waals surface area contributed by atoms with Gasteiger partial charge in [0, 0.05) is 41.3 Å². The summed E-state index contributed by atoms with van der Waals surface area (Å²) in [7, 11) is -3.83. The summed E-state index contributed by atoms with van der Waals surface area (Å²) in [4.78, 5) is 0.224. The maximum atomic E-state index is 13.6. The minimum atomic E-state index is -3.83. The first kappa shape index (κ1) is 25.0. The van der Waals surface area contributed by atoms with Gasteiger partial charge in [-0.2, -0.15) is 0 Å². The Balaban J connectivity index is 1.48. The summed E-state index contributed by atoms with van der Waals surface area (Å²) < 4.78 is 30.4. The van der Waals surface area contributed by atoms with Gasteiger partial charge in [0.15, 0.2) is 0 Å². The predicted octanol–water partition coefficient (Wildman–Crippen LogP) is 6.05. The van der Waals surface area contributed by atoms with Crippen LogP contribution < -0.4 is 0 Å². The molecule has 0 unspecified atom stereocenters. The molecule has 0 aliphatic carbocycles. The Morgan fingerprint density at radius 2 is 1.34 bits per heavy atom. The van der Waals surface area contributed by atoms with Crippen molar-refractivity contribution in [2.75, 3.05) is 6.54 Å². The van der Waals surface area contributed by atoms with Crippen molar-refractivity contribution in [1.29, 1.82) is 0 Å². The molecule has 1 aromatic heterocycles. The Bertz CT molecular complexity index is 1780. The highest BCUT2D eigenvalue weighted by Gasteiger charge is 2.22. The summed E-state index contributed by atoms with van der Waals surface area (Å²) in [6.07, 6.45) is 2.47. The van der Waals surface area contributed by atoms with Gasteiger partial charge in [-0.05, 0) is 73.2 Å². The molecule has 0 atom stereocenters. The Labute approximate surface area is 224 Å². The molecule has 1 heterocycles. The maximum absolute atomic E-state index is 13.6. The first-order valence-corrected chi connectivity index (χ1v) is 13.8. The molecule has 5 rings (SSSR count). The van der Waals surface area contributed by atoms with Gasteiger partial charge in [0.2, 0.25) is 0 Å². The second-order valence-electron chi connectivity index (χ2n) is 8.89. The normalized spacial score (nSPS) is 10.8. The Morgan fingerprint density at radius 3 is 2.03 bits per heavy atom. The van der Waals surface area contributed by atoms with E-state index in [0.717, 1.165) is 33.2 Å². The minimum absolute atomic E-state index is 0.205. The zero-order valence-corrected chi connectivity index (χ0v) is 21.8. The van der Waals surface area contributed by atoms with Crippen LogP contribution in [-0.4, -0.2) is 23.8 Å². The van der Waals surface area contributed by atoms with Crippen LogP contribution >= 0.6 is 0 Å². The van der Waals surface area contributed by atoms with Crippen molar-refractivity contribution in [1.82, 2.24) is 8.87 Å². The van der Waals surface area contributed by atoms with Gasteiger partial charge in [0.05, 0.1) is 10.4 Å². The van der Waals surface area contributed by atoms with E-state index in [1.165, 1.54) is 4.31 Å². The number of fused-ring (bicyclic) bond motifs is 1. The molecule has 0 radical (unpaired) electrons. The van der Waals surface area contributed by atoms with Crippen LogP contribution in [0.5, 0.6) is 0 Å². The standard InChI is InChI=1S/C33H26N2O2S/c1-27-16-18-31(19-17-27)38(36,37)35(24-21-29-12-6-3-7-13-29)25-22-30-26-34(33-15-9-8-14-32(30)33)23-20-28-10-4-2-5-11-28/h2-19,26H,22,25H2,1H3. The van der Waals surface area contributed by atoms with E-state index < -0.39 is 10.0 Å². The summed E-state index contributed by atoms with van der Waals surface area (Å²) in [5.41, 5.74) is 4.67. The molecule has 0 bridgehead atoms. The topological polar surface area (TPSA) is 42.3 Å².